The molecule has 0 aliphatic heterocycles. The van der Waals surface area contributed by atoms with Gasteiger partial charge >= 0.3 is 0 Å². The largest absolute Gasteiger partial charge is 0.476 e. The van der Waals surface area contributed by atoms with E-state index in [0.29, 0.717) is 23.1 Å². The van der Waals surface area contributed by atoms with Crippen molar-refractivity contribution in [2.75, 3.05) is 11.9 Å². The molecular formula is C12H11BrN2O2S. The number of nitrogens with one attached hydrogen (secondary N) is 1. The lowest BCUT2D eigenvalue weighted by atomic mass is 10.3. The Morgan fingerprint density at radius 3 is 3.06 bits per heavy atom. The van der Waals surface area contributed by atoms with Crippen LogP contribution >= 0.6 is 27.3 Å². The summed E-state index contributed by atoms with van der Waals surface area (Å²) in [5.41, 5.74) is 0.574. The summed E-state index contributed by atoms with van der Waals surface area (Å²) in [4.78, 5) is 16.7. The zero-order valence-corrected chi connectivity index (χ0v) is 12.0. The van der Waals surface area contributed by atoms with Crippen molar-refractivity contribution in [2.24, 2.45) is 0 Å². The molecule has 4 nitrogen and oxygen atoms in total. The summed E-state index contributed by atoms with van der Waals surface area (Å²) in [5, 5.41) is 4.65. The van der Waals surface area contributed by atoms with E-state index >= 15 is 0 Å². The molecule has 6 heteroatoms. The molecule has 2 aromatic rings. The number of hydrogen-bond donors (Lipinski definition) is 1. The molecule has 0 bridgehead atoms. The van der Waals surface area contributed by atoms with Gasteiger partial charge in [-0.2, -0.15) is 0 Å². The standard InChI is InChI=1S/C12H11BrN2O2S/c1-2-17-12-9(4-3-6-14-12)15-11(16)10-8(13)5-7-18-10/h3-7H,2H2,1H3,(H,15,16). The summed E-state index contributed by atoms with van der Waals surface area (Å²) in [5.74, 6) is 0.256. The lowest BCUT2D eigenvalue weighted by Crippen LogP contribution is -2.12. The van der Waals surface area contributed by atoms with Crippen LogP contribution in [0, 0.1) is 0 Å². The van der Waals surface area contributed by atoms with Crippen molar-refractivity contribution in [3.05, 3.63) is 39.1 Å². The quantitative estimate of drug-likeness (QED) is 0.934. The molecular weight excluding hydrogens is 316 g/mol. The summed E-state index contributed by atoms with van der Waals surface area (Å²) in [7, 11) is 0. The van der Waals surface area contributed by atoms with Crippen LogP contribution in [0.4, 0.5) is 5.69 Å². The number of hydrogen-bond acceptors (Lipinski definition) is 4. The van der Waals surface area contributed by atoms with Crippen LogP contribution in [-0.2, 0) is 0 Å². The van der Waals surface area contributed by atoms with E-state index in [1.54, 1.807) is 18.3 Å². The number of thiophene rings is 1. The van der Waals surface area contributed by atoms with E-state index in [-0.39, 0.29) is 5.91 Å². The zero-order valence-electron chi connectivity index (χ0n) is 9.64. The van der Waals surface area contributed by atoms with Crippen LogP contribution in [0.5, 0.6) is 5.88 Å². The van der Waals surface area contributed by atoms with Crippen molar-refractivity contribution in [1.82, 2.24) is 4.98 Å². The van der Waals surface area contributed by atoms with Crippen molar-refractivity contribution in [3.63, 3.8) is 0 Å². The van der Waals surface area contributed by atoms with Crippen molar-refractivity contribution < 1.29 is 9.53 Å². The fraction of sp³-hybridized carbons (Fsp3) is 0.167. The molecule has 2 aromatic heterocycles. The fourth-order valence-electron chi connectivity index (χ4n) is 1.37. The topological polar surface area (TPSA) is 51.2 Å². The Bertz CT molecular complexity index is 557. The van der Waals surface area contributed by atoms with E-state index in [4.69, 9.17) is 4.74 Å². The molecule has 0 aromatic carbocycles. The second-order valence-corrected chi connectivity index (χ2v) is 5.11. The van der Waals surface area contributed by atoms with E-state index in [1.165, 1.54) is 11.3 Å². The minimum Gasteiger partial charge on any atom is -0.476 e. The maximum atomic E-state index is 12.0. The molecule has 0 saturated heterocycles. The van der Waals surface area contributed by atoms with Gasteiger partial charge in [-0.25, -0.2) is 4.98 Å². The summed E-state index contributed by atoms with van der Waals surface area (Å²) in [6.07, 6.45) is 1.63. The molecule has 0 saturated carbocycles. The molecule has 0 atom stereocenters. The van der Waals surface area contributed by atoms with Gasteiger partial charge in [-0.3, -0.25) is 4.79 Å². The molecule has 1 amide bonds. The third-order valence-corrected chi connectivity index (χ3v) is 3.96. The van der Waals surface area contributed by atoms with Gasteiger partial charge in [0.05, 0.1) is 6.61 Å². The highest BCUT2D eigenvalue weighted by molar-refractivity contribution is 9.10. The van der Waals surface area contributed by atoms with Gasteiger partial charge in [0, 0.05) is 10.7 Å². The van der Waals surface area contributed by atoms with Gasteiger partial charge in [0.1, 0.15) is 10.6 Å². The number of aromatic nitrogens is 1. The fourth-order valence-corrected chi connectivity index (χ4v) is 2.82. The van der Waals surface area contributed by atoms with Gasteiger partial charge in [-0.15, -0.1) is 11.3 Å². The Morgan fingerprint density at radius 2 is 2.39 bits per heavy atom. The molecule has 94 valence electrons. The van der Waals surface area contributed by atoms with Gasteiger partial charge in [0.2, 0.25) is 5.88 Å². The Balaban J connectivity index is 2.19. The van der Waals surface area contributed by atoms with Crippen LogP contribution in [-0.4, -0.2) is 17.5 Å². The summed E-state index contributed by atoms with van der Waals surface area (Å²) >= 11 is 4.71. The number of ether oxygens (including phenoxy) is 1. The van der Waals surface area contributed by atoms with Gasteiger partial charge < -0.3 is 10.1 Å². The van der Waals surface area contributed by atoms with E-state index in [2.05, 4.69) is 26.2 Å². The highest BCUT2D eigenvalue weighted by atomic mass is 79.9. The van der Waals surface area contributed by atoms with Crippen molar-refractivity contribution in [3.8, 4) is 5.88 Å². The average molecular weight is 327 g/mol. The second-order valence-electron chi connectivity index (χ2n) is 3.34. The highest BCUT2D eigenvalue weighted by Gasteiger charge is 2.14. The highest BCUT2D eigenvalue weighted by Crippen LogP contribution is 2.26. The maximum absolute atomic E-state index is 12.0. The zero-order chi connectivity index (χ0) is 13.0. The van der Waals surface area contributed by atoms with Gasteiger partial charge in [0.15, 0.2) is 0 Å². The normalized spacial score (nSPS) is 10.1. The van der Waals surface area contributed by atoms with Gasteiger partial charge in [0.25, 0.3) is 5.91 Å². The molecule has 0 aliphatic carbocycles. The minimum atomic E-state index is -0.175. The summed E-state index contributed by atoms with van der Waals surface area (Å²) in [6.45, 7) is 2.37. The van der Waals surface area contributed by atoms with E-state index in [9.17, 15) is 4.79 Å². The smallest absolute Gasteiger partial charge is 0.267 e. The second kappa shape index (κ2) is 5.97. The van der Waals surface area contributed by atoms with E-state index in [0.717, 1.165) is 4.47 Å². The lowest BCUT2D eigenvalue weighted by molar-refractivity contribution is 0.102. The minimum absolute atomic E-state index is 0.175. The summed E-state index contributed by atoms with van der Waals surface area (Å²) in [6, 6.07) is 5.35. The Labute approximate surface area is 117 Å². The first kappa shape index (κ1) is 13.0. The molecule has 2 heterocycles. The molecule has 2 rings (SSSR count). The van der Waals surface area contributed by atoms with Crippen LogP contribution in [0.1, 0.15) is 16.6 Å². The predicted molar refractivity (Wildman–Crippen MR) is 75.4 cm³/mol. The van der Waals surface area contributed by atoms with Crippen LogP contribution in [0.15, 0.2) is 34.2 Å². The number of halogens is 1. The van der Waals surface area contributed by atoms with Crippen molar-refractivity contribution >= 4 is 38.9 Å². The molecule has 1 N–H and O–H groups in total. The number of carbonyl (C=O) groups is 1. The third-order valence-electron chi connectivity index (χ3n) is 2.12. The first-order valence-corrected chi connectivity index (χ1v) is 7.01. The van der Waals surface area contributed by atoms with Crippen molar-refractivity contribution in [2.45, 2.75) is 6.92 Å². The molecule has 18 heavy (non-hydrogen) atoms. The van der Waals surface area contributed by atoms with E-state index < -0.39 is 0 Å². The van der Waals surface area contributed by atoms with E-state index in [1.807, 2.05) is 18.4 Å². The maximum Gasteiger partial charge on any atom is 0.267 e. The third kappa shape index (κ3) is 2.88. The van der Waals surface area contributed by atoms with Crippen molar-refractivity contribution in [1.29, 1.82) is 0 Å². The first-order chi connectivity index (χ1) is 8.72. The number of anilines is 1. The molecule has 0 aliphatic rings. The van der Waals surface area contributed by atoms with Crippen LogP contribution < -0.4 is 10.1 Å². The number of carbonyl (C=O) groups excluding carboxylic acids is 1. The van der Waals surface area contributed by atoms with Crippen LogP contribution in [0.2, 0.25) is 0 Å². The van der Waals surface area contributed by atoms with Crippen LogP contribution in [0.3, 0.4) is 0 Å². The molecule has 0 spiro atoms. The van der Waals surface area contributed by atoms with Crippen LogP contribution in [0.25, 0.3) is 0 Å². The monoisotopic (exact) mass is 326 g/mol. The average Bonchev–Trinajstić information content (AvgIpc) is 2.78. The predicted octanol–water partition coefficient (Wildman–Crippen LogP) is 3.56. The van der Waals surface area contributed by atoms with Gasteiger partial charge in [-0.05, 0) is 46.4 Å². The Morgan fingerprint density at radius 1 is 1.56 bits per heavy atom. The SMILES string of the molecule is CCOc1ncccc1NC(=O)c1sccc1Br. The molecule has 0 unspecified atom stereocenters. The molecule has 0 radical (unpaired) electrons. The Kier molecular flexibility index (Phi) is 4.33. The molecule has 0 fully saturated rings. The lowest BCUT2D eigenvalue weighted by Gasteiger charge is -2.09. The first-order valence-electron chi connectivity index (χ1n) is 5.34. The Hall–Kier alpha value is -1.40. The van der Waals surface area contributed by atoms with Gasteiger partial charge in [-0.1, -0.05) is 0 Å². The number of nitrogens with zero attached hydrogens (tertiary/aromatic N) is 1. The number of pyridine rings is 1. The summed E-state index contributed by atoms with van der Waals surface area (Å²) < 4.78 is 6.14. The number of rotatable bonds is 4. The number of amides is 1.